The highest BCUT2D eigenvalue weighted by molar-refractivity contribution is 9.10. The number of ether oxygens (including phenoxy) is 2. The number of rotatable bonds is 11. The van der Waals surface area contributed by atoms with E-state index in [0.717, 1.165) is 25.2 Å². The fourth-order valence-electron chi connectivity index (χ4n) is 2.72. The molecule has 0 radical (unpaired) electrons. The van der Waals surface area contributed by atoms with Gasteiger partial charge in [-0.1, -0.05) is 45.9 Å². The van der Waals surface area contributed by atoms with Gasteiger partial charge in [-0.25, -0.2) is 4.98 Å². The Bertz CT molecular complexity index is 973. The monoisotopic (exact) mass is 489 g/mol. The standard InChI is InChI=1S/C22H24BrN3O3S/c23-16-6-7-19-18(14-16)21(30-17-4-2-1-3-5-17)15-20(26-19)22(27)25-9-11-29-13-12-28-10-8-24/h1-7,14-15H,8-13,24H2,(H,25,27). The minimum Gasteiger partial charge on any atom is -0.378 e. The van der Waals surface area contributed by atoms with Crippen molar-refractivity contribution in [2.45, 2.75) is 9.79 Å². The van der Waals surface area contributed by atoms with Gasteiger partial charge in [0.05, 0.1) is 31.9 Å². The van der Waals surface area contributed by atoms with E-state index < -0.39 is 0 Å². The molecule has 0 aliphatic rings. The second kappa shape index (κ2) is 12.0. The summed E-state index contributed by atoms with van der Waals surface area (Å²) in [6.45, 7) is 2.79. The number of aromatic nitrogens is 1. The molecule has 3 N–H and O–H groups in total. The summed E-state index contributed by atoms with van der Waals surface area (Å²) in [5.41, 5.74) is 6.51. The molecular weight excluding hydrogens is 466 g/mol. The summed E-state index contributed by atoms with van der Waals surface area (Å²) in [6, 6.07) is 17.8. The maximum Gasteiger partial charge on any atom is 0.270 e. The van der Waals surface area contributed by atoms with E-state index in [4.69, 9.17) is 15.2 Å². The molecule has 0 fully saturated rings. The van der Waals surface area contributed by atoms with Crippen LogP contribution < -0.4 is 11.1 Å². The van der Waals surface area contributed by atoms with Crippen molar-refractivity contribution < 1.29 is 14.3 Å². The molecule has 0 spiro atoms. The van der Waals surface area contributed by atoms with Crippen LogP contribution in [0.15, 0.2) is 68.9 Å². The first-order chi connectivity index (χ1) is 14.7. The fraction of sp³-hybridized carbons (Fsp3) is 0.273. The lowest BCUT2D eigenvalue weighted by Crippen LogP contribution is -2.28. The van der Waals surface area contributed by atoms with Gasteiger partial charge in [0.25, 0.3) is 5.91 Å². The molecule has 1 amide bonds. The van der Waals surface area contributed by atoms with Gasteiger partial charge in [-0.05, 0) is 36.4 Å². The molecule has 3 rings (SSSR count). The van der Waals surface area contributed by atoms with Gasteiger partial charge in [0.1, 0.15) is 5.69 Å². The molecule has 0 bridgehead atoms. The number of pyridine rings is 1. The van der Waals surface area contributed by atoms with E-state index in [1.165, 1.54) is 0 Å². The van der Waals surface area contributed by atoms with Crippen molar-refractivity contribution in [1.29, 1.82) is 0 Å². The first-order valence-corrected chi connectivity index (χ1v) is 11.3. The van der Waals surface area contributed by atoms with Crippen molar-refractivity contribution in [3.05, 3.63) is 64.8 Å². The Balaban J connectivity index is 1.66. The molecule has 0 aliphatic heterocycles. The highest BCUT2D eigenvalue weighted by atomic mass is 79.9. The zero-order valence-electron chi connectivity index (χ0n) is 16.5. The minimum atomic E-state index is -0.224. The summed E-state index contributed by atoms with van der Waals surface area (Å²) < 4.78 is 11.6. The summed E-state index contributed by atoms with van der Waals surface area (Å²) in [4.78, 5) is 19.3. The van der Waals surface area contributed by atoms with Crippen LogP contribution >= 0.6 is 27.7 Å². The van der Waals surface area contributed by atoms with Crippen LogP contribution in [0.3, 0.4) is 0 Å². The molecule has 0 aliphatic carbocycles. The van der Waals surface area contributed by atoms with Gasteiger partial charge in [-0.2, -0.15) is 0 Å². The minimum absolute atomic E-state index is 0.224. The number of fused-ring (bicyclic) bond motifs is 1. The van der Waals surface area contributed by atoms with Crippen LogP contribution in [0.25, 0.3) is 10.9 Å². The Morgan fingerprint density at radius 1 is 1.03 bits per heavy atom. The number of carbonyl (C=O) groups is 1. The maximum atomic E-state index is 12.6. The first-order valence-electron chi connectivity index (χ1n) is 9.64. The lowest BCUT2D eigenvalue weighted by Gasteiger charge is -2.11. The van der Waals surface area contributed by atoms with Crippen LogP contribution in [-0.4, -0.2) is 50.4 Å². The molecule has 0 saturated heterocycles. The Morgan fingerprint density at radius 2 is 1.80 bits per heavy atom. The predicted octanol–water partition coefficient (Wildman–Crippen LogP) is 3.87. The third-order valence-corrected chi connectivity index (χ3v) is 5.66. The number of carbonyl (C=O) groups excluding carboxylic acids is 1. The number of nitrogens with two attached hydrogens (primary N) is 1. The van der Waals surface area contributed by atoms with Gasteiger partial charge in [0, 0.05) is 32.7 Å². The van der Waals surface area contributed by atoms with Crippen molar-refractivity contribution in [2.75, 3.05) is 39.5 Å². The third-order valence-electron chi connectivity index (χ3n) is 4.10. The van der Waals surface area contributed by atoms with Crippen molar-refractivity contribution >= 4 is 44.5 Å². The first kappa shape index (κ1) is 22.7. The van der Waals surface area contributed by atoms with Crippen LogP contribution in [0.5, 0.6) is 0 Å². The van der Waals surface area contributed by atoms with Gasteiger partial charge in [0.15, 0.2) is 0 Å². The summed E-state index contributed by atoms with van der Waals surface area (Å²) in [7, 11) is 0. The highest BCUT2D eigenvalue weighted by Gasteiger charge is 2.13. The van der Waals surface area contributed by atoms with Crippen LogP contribution in [0.1, 0.15) is 10.5 Å². The van der Waals surface area contributed by atoms with Gasteiger partial charge in [-0.3, -0.25) is 4.79 Å². The summed E-state index contributed by atoms with van der Waals surface area (Å²) >= 11 is 5.13. The Hall–Kier alpha value is -1.97. The molecule has 8 heteroatoms. The normalized spacial score (nSPS) is 11.0. The topological polar surface area (TPSA) is 86.5 Å². The summed E-state index contributed by atoms with van der Waals surface area (Å²) in [5, 5.41) is 3.86. The molecule has 0 saturated carbocycles. The van der Waals surface area contributed by atoms with Crippen molar-refractivity contribution in [2.24, 2.45) is 5.73 Å². The zero-order chi connectivity index (χ0) is 21.2. The lowest BCUT2D eigenvalue weighted by molar-refractivity contribution is 0.0511. The average molecular weight is 490 g/mol. The van der Waals surface area contributed by atoms with E-state index in [2.05, 4.69) is 26.2 Å². The Morgan fingerprint density at radius 3 is 2.57 bits per heavy atom. The average Bonchev–Trinajstić information content (AvgIpc) is 2.76. The Kier molecular flexibility index (Phi) is 9.10. The van der Waals surface area contributed by atoms with Gasteiger partial charge in [-0.15, -0.1) is 0 Å². The number of hydrogen-bond acceptors (Lipinski definition) is 6. The predicted molar refractivity (Wildman–Crippen MR) is 123 cm³/mol. The van der Waals surface area contributed by atoms with Crippen molar-refractivity contribution in [3.63, 3.8) is 0 Å². The van der Waals surface area contributed by atoms with Crippen LogP contribution in [0.2, 0.25) is 0 Å². The van der Waals surface area contributed by atoms with Gasteiger partial charge in [0.2, 0.25) is 0 Å². The molecule has 0 atom stereocenters. The number of nitrogens with zero attached hydrogens (tertiary/aromatic N) is 1. The van der Waals surface area contributed by atoms with Crippen LogP contribution in [-0.2, 0) is 9.47 Å². The number of halogens is 1. The molecule has 6 nitrogen and oxygen atoms in total. The summed E-state index contributed by atoms with van der Waals surface area (Å²) in [6.07, 6.45) is 0. The second-order valence-corrected chi connectivity index (χ2v) is 8.38. The third kappa shape index (κ3) is 6.78. The molecule has 3 aromatic rings. The molecule has 158 valence electrons. The molecule has 2 aromatic carbocycles. The number of hydrogen-bond donors (Lipinski definition) is 2. The fourth-order valence-corrected chi connectivity index (χ4v) is 4.07. The number of amides is 1. The van der Waals surface area contributed by atoms with E-state index in [1.54, 1.807) is 11.8 Å². The van der Waals surface area contributed by atoms with E-state index in [-0.39, 0.29) is 5.91 Å². The van der Waals surface area contributed by atoms with Gasteiger partial charge >= 0.3 is 0 Å². The van der Waals surface area contributed by atoms with E-state index in [1.807, 2.05) is 54.6 Å². The molecular formula is C22H24BrN3O3S. The highest BCUT2D eigenvalue weighted by Crippen LogP contribution is 2.34. The quantitative estimate of drug-likeness (QED) is 0.397. The van der Waals surface area contributed by atoms with Crippen molar-refractivity contribution in [3.8, 4) is 0 Å². The van der Waals surface area contributed by atoms with Gasteiger partial charge < -0.3 is 20.5 Å². The maximum absolute atomic E-state index is 12.6. The number of benzene rings is 2. The van der Waals surface area contributed by atoms with Crippen molar-refractivity contribution in [1.82, 2.24) is 10.3 Å². The van der Waals surface area contributed by atoms with Crippen LogP contribution in [0, 0.1) is 0 Å². The molecule has 0 unspecified atom stereocenters. The SMILES string of the molecule is NCCOCCOCCNC(=O)c1cc(Sc2ccccc2)c2cc(Br)ccc2n1. The largest absolute Gasteiger partial charge is 0.378 e. The smallest absolute Gasteiger partial charge is 0.270 e. The Labute approximate surface area is 188 Å². The summed E-state index contributed by atoms with van der Waals surface area (Å²) in [5.74, 6) is -0.224. The molecule has 1 aromatic heterocycles. The van der Waals surface area contributed by atoms with E-state index in [9.17, 15) is 4.79 Å². The number of nitrogens with one attached hydrogen (secondary N) is 1. The molecule has 1 heterocycles. The van der Waals surface area contributed by atoms with E-state index >= 15 is 0 Å². The lowest BCUT2D eigenvalue weighted by atomic mass is 10.2. The molecule has 30 heavy (non-hydrogen) atoms. The second-order valence-electron chi connectivity index (χ2n) is 6.35. The van der Waals surface area contributed by atoms with E-state index in [0.29, 0.717) is 45.2 Å². The zero-order valence-corrected chi connectivity index (χ0v) is 18.9. The van der Waals surface area contributed by atoms with Crippen LogP contribution in [0.4, 0.5) is 0 Å².